The molecular weight excluding hydrogens is 458 g/mol. The maximum Gasteiger partial charge on any atom is 0.145 e. The number of halogens is 1. The molecule has 0 radical (unpaired) electrons. The van der Waals surface area contributed by atoms with Gasteiger partial charge in [0.05, 0.1) is 23.0 Å². The van der Waals surface area contributed by atoms with Gasteiger partial charge in [-0.25, -0.2) is 15.0 Å². The molecule has 0 bridgehead atoms. The largest absolute Gasteiger partial charge is 0.390 e. The number of hydrogen-bond donors (Lipinski definition) is 3. The molecule has 9 heteroatoms. The van der Waals surface area contributed by atoms with E-state index in [0.717, 1.165) is 34.0 Å². The van der Waals surface area contributed by atoms with E-state index < -0.39 is 12.2 Å². The highest BCUT2D eigenvalue weighted by Gasteiger charge is 2.56. The third-order valence-electron chi connectivity index (χ3n) is 7.39. The molecule has 4 heterocycles. The fraction of sp³-hybridized carbons (Fsp3) is 0.375. The first kappa shape index (κ1) is 21.2. The van der Waals surface area contributed by atoms with Crippen LogP contribution in [0.4, 0.5) is 5.82 Å². The summed E-state index contributed by atoms with van der Waals surface area (Å²) in [7, 11) is 0. The standard InChI is InChI=1S/C24H24ClN5O2S/c1-12-6-13-2-3-14(7-16(13)29-22(12)26)18-9-24(10-33-18)8-17(19(31)20(24)32)30-5-4-15-21(25)27-11-28-23(15)30/h2-7,11,17-20,31-32H,8-10H2,1H3,(H2,26,29)/t17-,18-,19+,20+,24-/m1/s1. The number of nitrogen functional groups attached to an aromatic ring is 1. The molecule has 1 aliphatic heterocycles. The number of nitrogens with two attached hydrogens (primary N) is 1. The molecule has 3 aromatic heterocycles. The van der Waals surface area contributed by atoms with E-state index in [1.165, 1.54) is 11.9 Å². The average molecular weight is 482 g/mol. The minimum atomic E-state index is -0.880. The van der Waals surface area contributed by atoms with Crippen molar-refractivity contribution in [3.8, 4) is 0 Å². The Morgan fingerprint density at radius 3 is 2.88 bits per heavy atom. The Morgan fingerprint density at radius 2 is 2.03 bits per heavy atom. The number of hydrogen-bond acceptors (Lipinski definition) is 7. The van der Waals surface area contributed by atoms with Crippen LogP contribution in [0.3, 0.4) is 0 Å². The molecule has 0 unspecified atom stereocenters. The fourth-order valence-electron chi connectivity index (χ4n) is 5.52. The minimum Gasteiger partial charge on any atom is -0.390 e. The van der Waals surface area contributed by atoms with E-state index >= 15 is 0 Å². The van der Waals surface area contributed by atoms with E-state index in [1.54, 1.807) is 0 Å². The first-order valence-electron chi connectivity index (χ1n) is 11.0. The molecule has 1 spiro atoms. The zero-order valence-corrected chi connectivity index (χ0v) is 19.6. The minimum absolute atomic E-state index is 0.220. The maximum absolute atomic E-state index is 11.2. The highest BCUT2D eigenvalue weighted by molar-refractivity contribution is 7.99. The molecule has 33 heavy (non-hydrogen) atoms. The number of thioether (sulfide) groups is 1. The van der Waals surface area contributed by atoms with Gasteiger partial charge in [0.15, 0.2) is 0 Å². The second-order valence-electron chi connectivity index (χ2n) is 9.34. The number of anilines is 1. The monoisotopic (exact) mass is 481 g/mol. The van der Waals surface area contributed by atoms with Gasteiger partial charge in [-0.1, -0.05) is 23.7 Å². The van der Waals surface area contributed by atoms with Crippen molar-refractivity contribution in [2.75, 3.05) is 11.5 Å². The Hall–Kier alpha value is -2.39. The summed E-state index contributed by atoms with van der Waals surface area (Å²) in [6, 6.07) is 9.99. The van der Waals surface area contributed by atoms with Crippen molar-refractivity contribution in [3.63, 3.8) is 0 Å². The molecule has 1 saturated carbocycles. The molecule has 170 valence electrons. The van der Waals surface area contributed by atoms with Crippen molar-refractivity contribution in [2.45, 2.75) is 43.3 Å². The van der Waals surface area contributed by atoms with E-state index in [1.807, 2.05) is 35.5 Å². The Balaban J connectivity index is 1.30. The van der Waals surface area contributed by atoms with Gasteiger partial charge in [-0.3, -0.25) is 0 Å². The highest BCUT2D eigenvalue weighted by atomic mass is 35.5. The van der Waals surface area contributed by atoms with Crippen LogP contribution in [0.2, 0.25) is 5.15 Å². The quantitative estimate of drug-likeness (QED) is 0.370. The molecule has 1 aliphatic carbocycles. The van der Waals surface area contributed by atoms with Gasteiger partial charge in [-0.05, 0) is 49.1 Å². The molecule has 7 nitrogen and oxygen atoms in total. The Morgan fingerprint density at radius 1 is 1.18 bits per heavy atom. The van der Waals surface area contributed by atoms with Crippen LogP contribution in [0.1, 0.15) is 35.3 Å². The molecule has 2 aliphatic rings. The predicted molar refractivity (Wildman–Crippen MR) is 131 cm³/mol. The number of pyridine rings is 1. The SMILES string of the molecule is Cc1cc2ccc([C@H]3C[C@@]4(CS3)C[C@@H](n3ccc5c(Cl)ncnc53)[C@H](O)[C@@H]4O)cc2nc1N. The first-order chi connectivity index (χ1) is 15.9. The van der Waals surface area contributed by atoms with E-state index in [2.05, 4.69) is 39.2 Å². The third kappa shape index (κ3) is 3.23. The van der Waals surface area contributed by atoms with Gasteiger partial charge in [0.25, 0.3) is 0 Å². The summed E-state index contributed by atoms with van der Waals surface area (Å²) in [6.07, 6.45) is 3.07. The lowest BCUT2D eigenvalue weighted by Gasteiger charge is -2.27. The summed E-state index contributed by atoms with van der Waals surface area (Å²) in [4.78, 5) is 13.0. The van der Waals surface area contributed by atoms with Crippen LogP contribution in [0.15, 0.2) is 42.9 Å². The molecule has 4 aromatic rings. The summed E-state index contributed by atoms with van der Waals surface area (Å²) < 4.78 is 1.94. The van der Waals surface area contributed by atoms with Crippen LogP contribution in [0.25, 0.3) is 21.9 Å². The van der Waals surface area contributed by atoms with Crippen molar-refractivity contribution in [3.05, 3.63) is 59.1 Å². The lowest BCUT2D eigenvalue weighted by Crippen LogP contribution is -2.36. The lowest BCUT2D eigenvalue weighted by atomic mass is 9.80. The van der Waals surface area contributed by atoms with E-state index in [-0.39, 0.29) is 16.7 Å². The smallest absolute Gasteiger partial charge is 0.145 e. The summed E-state index contributed by atoms with van der Waals surface area (Å²) in [6.45, 7) is 1.96. The van der Waals surface area contributed by atoms with Gasteiger partial charge < -0.3 is 20.5 Å². The zero-order chi connectivity index (χ0) is 22.9. The highest BCUT2D eigenvalue weighted by Crippen LogP contribution is 2.59. The Labute approximate surface area is 200 Å². The van der Waals surface area contributed by atoms with Gasteiger partial charge in [0.2, 0.25) is 0 Å². The van der Waals surface area contributed by atoms with Crippen molar-refractivity contribution in [2.24, 2.45) is 5.41 Å². The van der Waals surface area contributed by atoms with Crippen molar-refractivity contribution in [1.82, 2.24) is 19.5 Å². The van der Waals surface area contributed by atoms with Gasteiger partial charge in [-0.15, -0.1) is 0 Å². The van der Waals surface area contributed by atoms with Gasteiger partial charge in [0, 0.05) is 28.0 Å². The molecular formula is C24H24ClN5O2S. The third-order valence-corrected chi connectivity index (χ3v) is 9.27. The second kappa shape index (κ2) is 7.56. The number of aliphatic hydroxyl groups excluding tert-OH is 2. The van der Waals surface area contributed by atoms with Gasteiger partial charge >= 0.3 is 0 Å². The van der Waals surface area contributed by atoms with E-state index in [4.69, 9.17) is 17.3 Å². The molecule has 1 saturated heterocycles. The van der Waals surface area contributed by atoms with Crippen LogP contribution in [0, 0.1) is 12.3 Å². The van der Waals surface area contributed by atoms with Gasteiger partial charge in [-0.2, -0.15) is 11.8 Å². The number of fused-ring (bicyclic) bond motifs is 2. The normalized spacial score (nSPS) is 29.6. The number of aliphatic hydroxyl groups is 2. The second-order valence-corrected chi connectivity index (χ2v) is 10.9. The van der Waals surface area contributed by atoms with Crippen LogP contribution in [-0.4, -0.2) is 47.7 Å². The number of nitrogens with zero attached hydrogens (tertiary/aromatic N) is 4. The molecule has 6 rings (SSSR count). The fourth-order valence-corrected chi connectivity index (χ4v) is 7.44. The van der Waals surface area contributed by atoms with Crippen LogP contribution in [0.5, 0.6) is 0 Å². The van der Waals surface area contributed by atoms with Gasteiger partial charge in [0.1, 0.15) is 29.0 Å². The molecule has 0 amide bonds. The molecule has 2 fully saturated rings. The van der Waals surface area contributed by atoms with Crippen molar-refractivity contribution in [1.29, 1.82) is 0 Å². The summed E-state index contributed by atoms with van der Waals surface area (Å²) in [5.74, 6) is 1.33. The maximum atomic E-state index is 11.2. The predicted octanol–water partition coefficient (Wildman–Crippen LogP) is 4.05. The molecule has 5 atom stereocenters. The number of aromatic nitrogens is 4. The topological polar surface area (TPSA) is 110 Å². The van der Waals surface area contributed by atoms with Crippen LogP contribution in [-0.2, 0) is 0 Å². The Bertz CT molecular complexity index is 1390. The van der Waals surface area contributed by atoms with Crippen molar-refractivity contribution >= 4 is 51.1 Å². The van der Waals surface area contributed by atoms with Crippen LogP contribution >= 0.6 is 23.4 Å². The lowest BCUT2D eigenvalue weighted by molar-refractivity contribution is -0.0204. The molecule has 1 aromatic carbocycles. The summed E-state index contributed by atoms with van der Waals surface area (Å²) in [5, 5.41) is 24.7. The van der Waals surface area contributed by atoms with Crippen molar-refractivity contribution < 1.29 is 10.2 Å². The first-order valence-corrected chi connectivity index (χ1v) is 12.4. The average Bonchev–Trinajstić information content (AvgIpc) is 3.48. The van der Waals surface area contributed by atoms with E-state index in [0.29, 0.717) is 23.0 Å². The Kier molecular flexibility index (Phi) is 4.85. The number of benzene rings is 1. The van der Waals surface area contributed by atoms with Crippen LogP contribution < -0.4 is 5.73 Å². The number of rotatable bonds is 2. The number of aryl methyl sites for hydroxylation is 1. The molecule has 4 N–H and O–H groups in total. The summed E-state index contributed by atoms with van der Waals surface area (Å²) in [5.41, 5.74) is 9.38. The zero-order valence-electron chi connectivity index (χ0n) is 18.0. The summed E-state index contributed by atoms with van der Waals surface area (Å²) >= 11 is 8.05. The van der Waals surface area contributed by atoms with E-state index in [9.17, 15) is 10.2 Å².